The number of para-hydroxylation sites is 1. The third kappa shape index (κ3) is 2.45. The van der Waals surface area contributed by atoms with E-state index in [4.69, 9.17) is 9.72 Å². The van der Waals surface area contributed by atoms with Gasteiger partial charge in [0.15, 0.2) is 0 Å². The number of benzene rings is 2. The first-order valence-corrected chi connectivity index (χ1v) is 8.53. The molecule has 1 aromatic heterocycles. The van der Waals surface area contributed by atoms with Crippen LogP contribution in [0.2, 0.25) is 0 Å². The molecule has 26 heavy (non-hydrogen) atoms. The van der Waals surface area contributed by atoms with Crippen LogP contribution >= 0.6 is 0 Å². The van der Waals surface area contributed by atoms with E-state index in [1.165, 1.54) is 7.11 Å². The highest BCUT2D eigenvalue weighted by Crippen LogP contribution is 2.34. The summed E-state index contributed by atoms with van der Waals surface area (Å²) in [5, 5.41) is 3.65. The summed E-state index contributed by atoms with van der Waals surface area (Å²) in [5.41, 5.74) is 2.85. The van der Waals surface area contributed by atoms with Crippen molar-refractivity contribution in [3.8, 4) is 0 Å². The molecule has 132 valence electrons. The molecule has 1 N–H and O–H groups in total. The van der Waals surface area contributed by atoms with Crippen LogP contribution in [0.3, 0.4) is 0 Å². The molecule has 2 aromatic carbocycles. The lowest BCUT2D eigenvalue weighted by Gasteiger charge is -2.15. The van der Waals surface area contributed by atoms with Crippen molar-refractivity contribution in [2.75, 3.05) is 19.5 Å². The van der Waals surface area contributed by atoms with E-state index in [2.05, 4.69) is 5.32 Å². The summed E-state index contributed by atoms with van der Waals surface area (Å²) >= 11 is 0. The Morgan fingerprint density at radius 2 is 2.08 bits per heavy atom. The van der Waals surface area contributed by atoms with Crippen LogP contribution in [0.25, 0.3) is 10.9 Å². The minimum absolute atomic E-state index is 0.00636. The Kier molecular flexibility index (Phi) is 3.95. The molecule has 3 aromatic rings. The molecule has 0 aliphatic carbocycles. The topological polar surface area (TPSA) is 73.2 Å². The van der Waals surface area contributed by atoms with Crippen molar-refractivity contribution in [1.29, 1.82) is 0 Å². The van der Waals surface area contributed by atoms with Crippen molar-refractivity contribution in [1.82, 2.24) is 9.55 Å². The summed E-state index contributed by atoms with van der Waals surface area (Å²) in [5.74, 6) is 0.335. The maximum Gasteiger partial charge on any atom is 0.339 e. The minimum Gasteiger partial charge on any atom is -0.465 e. The van der Waals surface area contributed by atoms with Gasteiger partial charge in [0.2, 0.25) is 0 Å². The second-order valence-electron chi connectivity index (χ2n) is 6.33. The molecule has 1 aliphatic rings. The largest absolute Gasteiger partial charge is 0.465 e. The molecular formula is C20H19N3O3. The van der Waals surface area contributed by atoms with Crippen LogP contribution in [0.1, 0.15) is 34.1 Å². The lowest BCUT2D eigenvalue weighted by atomic mass is 9.94. The fourth-order valence-electron chi connectivity index (χ4n) is 3.65. The summed E-state index contributed by atoms with van der Waals surface area (Å²) in [7, 11) is 3.13. The molecule has 0 saturated heterocycles. The van der Waals surface area contributed by atoms with E-state index in [1.54, 1.807) is 11.6 Å². The molecule has 0 spiro atoms. The highest BCUT2D eigenvalue weighted by molar-refractivity contribution is 5.95. The number of aromatic nitrogens is 2. The average Bonchev–Trinajstić information content (AvgIpc) is 3.11. The first-order chi connectivity index (χ1) is 12.6. The van der Waals surface area contributed by atoms with Crippen LogP contribution in [0.15, 0.2) is 47.3 Å². The van der Waals surface area contributed by atoms with Gasteiger partial charge in [0.25, 0.3) is 5.56 Å². The number of ether oxygens (including phenoxy) is 1. The predicted octanol–water partition coefficient (Wildman–Crippen LogP) is 2.76. The van der Waals surface area contributed by atoms with Crippen molar-refractivity contribution < 1.29 is 9.53 Å². The molecule has 2 heterocycles. The third-order valence-corrected chi connectivity index (χ3v) is 4.96. The van der Waals surface area contributed by atoms with E-state index in [1.807, 2.05) is 42.5 Å². The quantitative estimate of drug-likeness (QED) is 0.736. The van der Waals surface area contributed by atoms with Gasteiger partial charge in [0.05, 0.1) is 23.6 Å². The molecule has 0 bridgehead atoms. The Hall–Kier alpha value is -3.15. The SMILES string of the molecule is CNc1ccc([C@@H]2CCn3c2nc2ccccc2c3=O)cc1C(=O)OC. The summed E-state index contributed by atoms with van der Waals surface area (Å²) in [6.07, 6.45) is 0.776. The van der Waals surface area contributed by atoms with E-state index in [0.717, 1.165) is 17.8 Å². The van der Waals surface area contributed by atoms with Crippen LogP contribution in [-0.2, 0) is 11.3 Å². The van der Waals surface area contributed by atoms with E-state index in [0.29, 0.717) is 28.7 Å². The number of anilines is 1. The average molecular weight is 349 g/mol. The number of fused-ring (bicyclic) bond motifs is 2. The van der Waals surface area contributed by atoms with Crippen molar-refractivity contribution in [3.05, 3.63) is 69.8 Å². The van der Waals surface area contributed by atoms with Gasteiger partial charge in [-0.25, -0.2) is 9.78 Å². The molecule has 1 atom stereocenters. The van der Waals surface area contributed by atoms with Crippen LogP contribution in [0, 0.1) is 0 Å². The number of carbonyl (C=O) groups is 1. The number of esters is 1. The fraction of sp³-hybridized carbons (Fsp3) is 0.250. The maximum atomic E-state index is 12.8. The van der Waals surface area contributed by atoms with Gasteiger partial charge >= 0.3 is 5.97 Å². The minimum atomic E-state index is -0.391. The smallest absolute Gasteiger partial charge is 0.339 e. The van der Waals surface area contributed by atoms with Crippen molar-refractivity contribution in [2.24, 2.45) is 0 Å². The number of carbonyl (C=O) groups excluding carboxylic acids is 1. The second kappa shape index (κ2) is 6.29. The van der Waals surface area contributed by atoms with Gasteiger partial charge in [-0.2, -0.15) is 0 Å². The van der Waals surface area contributed by atoms with Crippen LogP contribution in [0.5, 0.6) is 0 Å². The Labute approximate surface area is 150 Å². The van der Waals surface area contributed by atoms with Gasteiger partial charge in [-0.15, -0.1) is 0 Å². The molecule has 0 radical (unpaired) electrons. The van der Waals surface area contributed by atoms with E-state index < -0.39 is 5.97 Å². The maximum absolute atomic E-state index is 12.8. The number of hydrogen-bond acceptors (Lipinski definition) is 5. The lowest BCUT2D eigenvalue weighted by Crippen LogP contribution is -2.21. The van der Waals surface area contributed by atoms with Crippen LogP contribution in [0.4, 0.5) is 5.69 Å². The monoisotopic (exact) mass is 349 g/mol. The molecule has 6 heteroatoms. The summed E-state index contributed by atoms with van der Waals surface area (Å²) in [6, 6.07) is 13.1. The van der Waals surface area contributed by atoms with Crippen LogP contribution < -0.4 is 10.9 Å². The first-order valence-electron chi connectivity index (χ1n) is 8.53. The predicted molar refractivity (Wildman–Crippen MR) is 99.8 cm³/mol. The van der Waals surface area contributed by atoms with Gasteiger partial charge in [-0.05, 0) is 36.2 Å². The first kappa shape index (κ1) is 16.3. The van der Waals surface area contributed by atoms with Gasteiger partial charge in [-0.1, -0.05) is 18.2 Å². The zero-order valence-electron chi connectivity index (χ0n) is 14.7. The molecule has 1 aliphatic heterocycles. The fourth-order valence-corrected chi connectivity index (χ4v) is 3.65. The van der Waals surface area contributed by atoms with Crippen LogP contribution in [-0.4, -0.2) is 29.7 Å². The number of nitrogens with zero attached hydrogens (tertiary/aromatic N) is 2. The summed E-state index contributed by atoms with van der Waals surface area (Å²) < 4.78 is 6.64. The van der Waals surface area contributed by atoms with Crippen molar-refractivity contribution in [3.63, 3.8) is 0 Å². The molecular weight excluding hydrogens is 330 g/mol. The molecule has 0 unspecified atom stereocenters. The molecule has 0 amide bonds. The zero-order valence-corrected chi connectivity index (χ0v) is 14.7. The second-order valence-corrected chi connectivity index (χ2v) is 6.33. The van der Waals surface area contributed by atoms with Gasteiger partial charge in [-0.3, -0.25) is 9.36 Å². The highest BCUT2D eigenvalue weighted by atomic mass is 16.5. The Morgan fingerprint density at radius 3 is 2.85 bits per heavy atom. The zero-order chi connectivity index (χ0) is 18.3. The Bertz CT molecular complexity index is 1070. The molecule has 6 nitrogen and oxygen atoms in total. The normalized spacial score (nSPS) is 15.7. The number of nitrogens with one attached hydrogen (secondary N) is 1. The number of methoxy groups -OCH3 is 1. The lowest BCUT2D eigenvalue weighted by molar-refractivity contribution is 0.0601. The molecule has 4 rings (SSSR count). The van der Waals surface area contributed by atoms with Gasteiger partial charge in [0.1, 0.15) is 5.82 Å². The Morgan fingerprint density at radius 1 is 1.27 bits per heavy atom. The molecule has 0 fully saturated rings. The summed E-state index contributed by atoms with van der Waals surface area (Å²) in [6.45, 7) is 0.623. The van der Waals surface area contributed by atoms with E-state index in [-0.39, 0.29) is 11.5 Å². The summed E-state index contributed by atoms with van der Waals surface area (Å²) in [4.78, 5) is 29.6. The molecule has 0 saturated carbocycles. The van der Waals surface area contributed by atoms with Gasteiger partial charge in [0, 0.05) is 25.2 Å². The van der Waals surface area contributed by atoms with E-state index >= 15 is 0 Å². The van der Waals surface area contributed by atoms with Gasteiger partial charge < -0.3 is 10.1 Å². The standard InChI is InChI=1S/C20H19N3O3/c1-21-16-8-7-12(11-15(16)20(25)26-2)13-9-10-23-18(13)22-17-6-4-3-5-14(17)19(23)24/h3-8,11,13,21H,9-10H2,1-2H3/t13-/m0/s1. The number of rotatable bonds is 3. The number of hydrogen-bond donors (Lipinski definition) is 1. The van der Waals surface area contributed by atoms with E-state index in [9.17, 15) is 9.59 Å². The highest BCUT2D eigenvalue weighted by Gasteiger charge is 2.28. The Balaban J connectivity index is 1.85. The third-order valence-electron chi connectivity index (χ3n) is 4.96. The van der Waals surface area contributed by atoms with Crippen molar-refractivity contribution in [2.45, 2.75) is 18.9 Å². The van der Waals surface area contributed by atoms with Crippen molar-refractivity contribution >= 4 is 22.6 Å².